The highest BCUT2D eigenvalue weighted by Gasteiger charge is 2.21. The van der Waals surface area contributed by atoms with E-state index in [0.29, 0.717) is 11.4 Å². The smallest absolute Gasteiger partial charge is 0.156 e. The Bertz CT molecular complexity index is 608. The number of hydrogen-bond donors (Lipinski definition) is 1. The average molecular weight is 331 g/mol. The zero-order valence-electron chi connectivity index (χ0n) is 10.9. The highest BCUT2D eigenvalue weighted by Crippen LogP contribution is 2.26. The number of thiazole rings is 1. The number of ketones is 1. The van der Waals surface area contributed by atoms with E-state index in [1.807, 2.05) is 18.2 Å². The largest absolute Gasteiger partial charge is 0.307 e. The van der Waals surface area contributed by atoms with Crippen LogP contribution in [0.3, 0.4) is 0 Å². The van der Waals surface area contributed by atoms with E-state index in [1.165, 1.54) is 6.42 Å². The van der Waals surface area contributed by atoms with E-state index in [9.17, 15) is 4.79 Å². The van der Waals surface area contributed by atoms with Crippen molar-refractivity contribution in [1.82, 2.24) is 10.3 Å². The minimum Gasteiger partial charge on any atom is -0.307 e. The second kappa shape index (κ2) is 6.85. The molecule has 1 N–H and O–H groups in total. The molecule has 0 saturated carbocycles. The number of rotatable bonds is 3. The fourth-order valence-corrected chi connectivity index (χ4v) is 3.67. The topological polar surface area (TPSA) is 42.0 Å². The highest BCUT2D eigenvalue weighted by molar-refractivity contribution is 7.18. The van der Waals surface area contributed by atoms with Crippen molar-refractivity contribution in [2.24, 2.45) is 0 Å². The summed E-state index contributed by atoms with van der Waals surface area (Å²) in [6.45, 7) is 0.950. The van der Waals surface area contributed by atoms with Crippen LogP contribution in [0.25, 0.3) is 10.2 Å². The molecule has 0 aliphatic carbocycles. The van der Waals surface area contributed by atoms with Crippen LogP contribution in [0.1, 0.15) is 24.3 Å². The zero-order chi connectivity index (χ0) is 13.2. The summed E-state index contributed by atoms with van der Waals surface area (Å²) in [4.78, 5) is 16.7. The molecule has 1 fully saturated rings. The van der Waals surface area contributed by atoms with Crippen molar-refractivity contribution in [3.63, 3.8) is 0 Å². The summed E-state index contributed by atoms with van der Waals surface area (Å²) in [5.41, 5.74) is 0.925. The van der Waals surface area contributed by atoms with Gasteiger partial charge in [0, 0.05) is 5.02 Å². The molecule has 0 amide bonds. The summed E-state index contributed by atoms with van der Waals surface area (Å²) >= 11 is 7.52. The minimum absolute atomic E-state index is 0. The lowest BCUT2D eigenvalue weighted by molar-refractivity contribution is -0.120. The van der Waals surface area contributed by atoms with E-state index < -0.39 is 0 Å². The molecule has 2 heterocycles. The van der Waals surface area contributed by atoms with Crippen LogP contribution >= 0.6 is 35.3 Å². The van der Waals surface area contributed by atoms with Gasteiger partial charge in [-0.15, -0.1) is 23.7 Å². The van der Waals surface area contributed by atoms with Gasteiger partial charge in [-0.25, -0.2) is 4.98 Å². The highest BCUT2D eigenvalue weighted by atomic mass is 35.5. The van der Waals surface area contributed by atoms with Gasteiger partial charge in [0.1, 0.15) is 5.01 Å². The summed E-state index contributed by atoms with van der Waals surface area (Å²) in [7, 11) is 0. The predicted molar refractivity (Wildman–Crippen MR) is 86.2 cm³/mol. The maximum atomic E-state index is 12.2. The van der Waals surface area contributed by atoms with Gasteiger partial charge < -0.3 is 5.32 Å². The van der Waals surface area contributed by atoms with Gasteiger partial charge in [0.25, 0.3) is 0 Å². The molecule has 6 heteroatoms. The van der Waals surface area contributed by atoms with E-state index in [2.05, 4.69) is 10.3 Å². The van der Waals surface area contributed by atoms with Crippen molar-refractivity contribution in [1.29, 1.82) is 0 Å². The number of fused-ring (bicyclic) bond motifs is 1. The van der Waals surface area contributed by atoms with Gasteiger partial charge in [0.15, 0.2) is 5.78 Å². The van der Waals surface area contributed by atoms with Crippen LogP contribution in [0.5, 0.6) is 0 Å². The van der Waals surface area contributed by atoms with Crippen molar-refractivity contribution < 1.29 is 4.79 Å². The number of nitrogens with one attached hydrogen (secondary N) is 1. The van der Waals surface area contributed by atoms with E-state index in [-0.39, 0.29) is 24.2 Å². The predicted octanol–water partition coefficient (Wildman–Crippen LogP) is 3.63. The first-order valence-electron chi connectivity index (χ1n) is 6.53. The first kappa shape index (κ1) is 15.7. The average Bonchev–Trinajstić information content (AvgIpc) is 2.81. The summed E-state index contributed by atoms with van der Waals surface area (Å²) < 4.78 is 1.05. The summed E-state index contributed by atoms with van der Waals surface area (Å²) in [6.07, 6.45) is 3.69. The van der Waals surface area contributed by atoms with Gasteiger partial charge >= 0.3 is 0 Å². The maximum Gasteiger partial charge on any atom is 0.156 e. The van der Waals surface area contributed by atoms with E-state index in [0.717, 1.165) is 34.6 Å². The summed E-state index contributed by atoms with van der Waals surface area (Å²) in [5.74, 6) is 0.254. The molecule has 0 bridgehead atoms. The SMILES string of the molecule is Cl.O=C(Cc1nc2ccc(Cl)cc2s1)[C@@H]1CCCCN1. The Kier molecular flexibility index (Phi) is 5.38. The molecule has 0 radical (unpaired) electrons. The normalized spacial score (nSPS) is 18.8. The quantitative estimate of drug-likeness (QED) is 0.934. The zero-order valence-corrected chi connectivity index (χ0v) is 13.3. The van der Waals surface area contributed by atoms with Crippen LogP contribution in [0, 0.1) is 0 Å². The molecule has 3 nitrogen and oxygen atoms in total. The van der Waals surface area contributed by atoms with Crippen LogP contribution in [0.4, 0.5) is 0 Å². The first-order chi connectivity index (χ1) is 9.22. The molecule has 20 heavy (non-hydrogen) atoms. The molecular formula is C14H16Cl2N2OS. The third-order valence-corrected chi connectivity index (χ3v) is 4.67. The van der Waals surface area contributed by atoms with Crippen LogP contribution in [-0.4, -0.2) is 23.4 Å². The third kappa shape index (κ3) is 3.50. The molecule has 1 aromatic heterocycles. The molecule has 1 aliphatic heterocycles. The molecule has 0 spiro atoms. The number of Topliss-reactive ketones (excluding diaryl/α,β-unsaturated/α-hetero) is 1. The summed E-state index contributed by atoms with van der Waals surface area (Å²) in [5, 5.41) is 4.88. The Morgan fingerprint density at radius 3 is 3.05 bits per heavy atom. The number of nitrogens with zero attached hydrogens (tertiary/aromatic N) is 1. The first-order valence-corrected chi connectivity index (χ1v) is 7.73. The Balaban J connectivity index is 0.00000147. The number of carbonyl (C=O) groups is 1. The second-order valence-corrected chi connectivity index (χ2v) is 6.42. The van der Waals surface area contributed by atoms with Gasteiger partial charge in [-0.3, -0.25) is 4.79 Å². The van der Waals surface area contributed by atoms with E-state index in [1.54, 1.807) is 11.3 Å². The van der Waals surface area contributed by atoms with Crippen LogP contribution in [-0.2, 0) is 11.2 Å². The van der Waals surface area contributed by atoms with Crippen LogP contribution < -0.4 is 5.32 Å². The van der Waals surface area contributed by atoms with Crippen molar-refractivity contribution in [2.45, 2.75) is 31.7 Å². The monoisotopic (exact) mass is 330 g/mol. The van der Waals surface area contributed by atoms with Crippen molar-refractivity contribution in [3.8, 4) is 0 Å². The number of aromatic nitrogens is 1. The molecule has 3 rings (SSSR count). The Morgan fingerprint density at radius 2 is 2.30 bits per heavy atom. The van der Waals surface area contributed by atoms with Gasteiger partial charge in [-0.2, -0.15) is 0 Å². The van der Waals surface area contributed by atoms with Gasteiger partial charge in [0.2, 0.25) is 0 Å². The fraction of sp³-hybridized carbons (Fsp3) is 0.429. The lowest BCUT2D eigenvalue weighted by Crippen LogP contribution is -2.41. The van der Waals surface area contributed by atoms with Crippen molar-refractivity contribution >= 4 is 51.3 Å². The summed E-state index contributed by atoms with van der Waals surface area (Å²) in [6, 6.07) is 5.66. The van der Waals surface area contributed by atoms with Gasteiger partial charge in [-0.05, 0) is 37.6 Å². The van der Waals surface area contributed by atoms with Gasteiger partial charge in [-0.1, -0.05) is 18.0 Å². The molecule has 0 unspecified atom stereocenters. The number of halogens is 2. The lowest BCUT2D eigenvalue weighted by atomic mass is 10.00. The fourth-order valence-electron chi connectivity index (χ4n) is 2.42. The Hall–Kier alpha value is -0.680. The molecular weight excluding hydrogens is 315 g/mol. The molecule has 1 aliphatic rings. The lowest BCUT2D eigenvalue weighted by Gasteiger charge is -2.21. The van der Waals surface area contributed by atoms with Crippen LogP contribution in [0.2, 0.25) is 5.02 Å². The number of piperidine rings is 1. The van der Waals surface area contributed by atoms with Crippen molar-refractivity contribution in [3.05, 3.63) is 28.2 Å². The Morgan fingerprint density at radius 1 is 1.45 bits per heavy atom. The molecule has 108 valence electrons. The van der Waals surface area contributed by atoms with E-state index in [4.69, 9.17) is 11.6 Å². The van der Waals surface area contributed by atoms with Gasteiger partial charge in [0.05, 0.1) is 22.7 Å². The van der Waals surface area contributed by atoms with E-state index >= 15 is 0 Å². The maximum absolute atomic E-state index is 12.2. The third-order valence-electron chi connectivity index (χ3n) is 3.42. The Labute approximate surface area is 133 Å². The van der Waals surface area contributed by atoms with Crippen LogP contribution in [0.15, 0.2) is 18.2 Å². The standard InChI is InChI=1S/C14H15ClN2OS.ClH/c15-9-4-5-11-13(7-9)19-14(17-11)8-12(18)10-3-1-2-6-16-10;/h4-5,7,10,16H,1-3,6,8H2;1H/t10-;/m0./s1. The number of carbonyl (C=O) groups excluding carboxylic acids is 1. The molecule has 1 aromatic carbocycles. The number of benzene rings is 1. The molecule has 1 atom stereocenters. The minimum atomic E-state index is 0. The second-order valence-electron chi connectivity index (χ2n) is 4.87. The molecule has 1 saturated heterocycles. The molecule has 2 aromatic rings. The van der Waals surface area contributed by atoms with Crippen molar-refractivity contribution in [2.75, 3.05) is 6.54 Å². The number of hydrogen-bond acceptors (Lipinski definition) is 4.